The molecule has 1 fully saturated rings. The summed E-state index contributed by atoms with van der Waals surface area (Å²) in [5.74, 6) is -0.791. The summed E-state index contributed by atoms with van der Waals surface area (Å²) >= 11 is 13.0. The summed E-state index contributed by atoms with van der Waals surface area (Å²) in [5, 5.41) is 12.8. The first-order chi connectivity index (χ1) is 14.9. The van der Waals surface area contributed by atoms with Crippen molar-refractivity contribution >= 4 is 97.8 Å². The molecular weight excluding hydrogens is 678 g/mol. The molecule has 0 aliphatic carbocycles. The van der Waals surface area contributed by atoms with Crippen LogP contribution in [0.2, 0.25) is 0 Å². The molecule has 10 heteroatoms. The van der Waals surface area contributed by atoms with Crippen molar-refractivity contribution in [3.05, 3.63) is 71.8 Å². The number of rotatable bonds is 6. The van der Waals surface area contributed by atoms with Gasteiger partial charge in [-0.3, -0.25) is 9.69 Å². The first-order valence-electron chi connectivity index (χ1n) is 9.23. The predicted octanol–water partition coefficient (Wildman–Crippen LogP) is 4.73. The summed E-state index contributed by atoms with van der Waals surface area (Å²) in [4.78, 5) is 28.6. The Labute approximate surface area is 221 Å². The molecule has 2 N–H and O–H groups in total. The van der Waals surface area contributed by atoms with Gasteiger partial charge in [0, 0.05) is 29.1 Å². The number of β-lactam (4-membered cyclic amide) rings is 1. The Kier molecular flexibility index (Phi) is 7.51. The average Bonchev–Trinajstić information content (AvgIpc) is 2.74. The maximum Gasteiger partial charge on any atom is 0.353 e. The van der Waals surface area contributed by atoms with E-state index in [1.54, 1.807) is 11.8 Å². The largest absolute Gasteiger partial charge is 0.477 e. The van der Waals surface area contributed by atoms with Crippen LogP contribution in [0.1, 0.15) is 5.56 Å². The van der Waals surface area contributed by atoms with Crippen molar-refractivity contribution in [3.8, 4) is 0 Å². The Bertz CT molecular complexity index is 1110. The number of thioether (sulfide) groups is 2. The third-order valence-electron chi connectivity index (χ3n) is 4.83. The Hall–Kier alpha value is -0.830. The number of hydrogen-bond acceptors (Lipinski definition) is 5. The number of nitrogens with zero attached hydrogens (tertiary/aromatic N) is 1. The number of carbonyl (C=O) groups excluding carboxylic acids is 1. The molecule has 0 bridgehead atoms. The van der Waals surface area contributed by atoms with Crippen LogP contribution in [0.15, 0.2) is 64.0 Å². The molecule has 2 aromatic carbocycles. The molecule has 0 spiro atoms. The van der Waals surface area contributed by atoms with Gasteiger partial charge in [0.2, 0.25) is 0 Å². The highest BCUT2D eigenvalue weighted by Gasteiger charge is 2.54. The first-order valence-corrected chi connectivity index (χ1v) is 13.7. The monoisotopic (exact) mass is 694 g/mol. The van der Waals surface area contributed by atoms with Crippen LogP contribution in [0.3, 0.4) is 0 Å². The zero-order chi connectivity index (χ0) is 22.1. The normalized spacial score (nSPS) is 20.2. The van der Waals surface area contributed by atoms with E-state index in [-0.39, 0.29) is 17.0 Å². The van der Waals surface area contributed by atoms with Crippen LogP contribution in [-0.4, -0.2) is 44.0 Å². The molecule has 2 aromatic rings. The summed E-state index contributed by atoms with van der Waals surface area (Å²) in [6, 6.07) is 15.3. The number of nitrogens with one attached hydrogen (secondary N) is 1. The third-order valence-corrected chi connectivity index (χ3v) is 10.1. The Morgan fingerprint density at radius 1 is 1.19 bits per heavy atom. The summed E-state index contributed by atoms with van der Waals surface area (Å²) in [7, 11) is 0. The maximum atomic E-state index is 12.9. The average molecular weight is 694 g/mol. The number of hydrogen-bond donors (Lipinski definition) is 2. The molecule has 0 radical (unpaired) electrons. The van der Waals surface area contributed by atoms with Gasteiger partial charge in [-0.2, -0.15) is 0 Å². The van der Waals surface area contributed by atoms with Crippen LogP contribution in [0.5, 0.6) is 0 Å². The fourth-order valence-corrected chi connectivity index (χ4v) is 7.44. The SMILES string of the molecule is O=C(O)C1=C(Sc2ccccc2I)CS[C@H]2[C@H](NC(=S)Cc3ccccc3I)C(=O)N12. The van der Waals surface area contributed by atoms with E-state index in [9.17, 15) is 14.7 Å². The predicted molar refractivity (Wildman–Crippen MR) is 145 cm³/mol. The summed E-state index contributed by atoms with van der Waals surface area (Å²) in [6.07, 6.45) is 0.546. The van der Waals surface area contributed by atoms with Gasteiger partial charge in [-0.15, -0.1) is 11.8 Å². The van der Waals surface area contributed by atoms with E-state index in [2.05, 4.69) is 50.5 Å². The van der Waals surface area contributed by atoms with E-state index in [0.717, 1.165) is 17.6 Å². The van der Waals surface area contributed by atoms with E-state index in [4.69, 9.17) is 12.2 Å². The van der Waals surface area contributed by atoms with Gasteiger partial charge in [0.1, 0.15) is 17.1 Å². The van der Waals surface area contributed by atoms with Gasteiger partial charge in [0.15, 0.2) is 0 Å². The fraction of sp³-hybridized carbons (Fsp3) is 0.190. The first kappa shape index (κ1) is 23.3. The number of carboxylic acid groups (broad SMARTS) is 1. The number of carboxylic acids is 1. The van der Waals surface area contributed by atoms with E-state index in [0.29, 0.717) is 22.1 Å². The van der Waals surface area contributed by atoms with Gasteiger partial charge in [0.05, 0.1) is 4.99 Å². The van der Waals surface area contributed by atoms with Crippen molar-refractivity contribution in [2.24, 2.45) is 0 Å². The smallest absolute Gasteiger partial charge is 0.353 e. The molecular formula is C21H16I2N2O3S3. The lowest BCUT2D eigenvalue weighted by Gasteiger charge is -2.49. The molecule has 0 saturated carbocycles. The Morgan fingerprint density at radius 2 is 1.87 bits per heavy atom. The van der Waals surface area contributed by atoms with Crippen molar-refractivity contribution in [2.75, 3.05) is 5.75 Å². The van der Waals surface area contributed by atoms with Gasteiger partial charge in [-0.1, -0.05) is 54.3 Å². The highest BCUT2D eigenvalue weighted by atomic mass is 127. The number of carbonyl (C=O) groups is 2. The quantitative estimate of drug-likeness (QED) is 0.258. The molecule has 1 saturated heterocycles. The van der Waals surface area contributed by atoms with Gasteiger partial charge < -0.3 is 10.4 Å². The van der Waals surface area contributed by atoms with Crippen LogP contribution in [0.25, 0.3) is 0 Å². The second-order valence-electron chi connectivity index (χ2n) is 6.83. The number of thiocarbonyl (C=S) groups is 1. The molecule has 2 aliphatic rings. The van der Waals surface area contributed by atoms with Gasteiger partial charge in [-0.25, -0.2) is 4.79 Å². The molecule has 0 aromatic heterocycles. The van der Waals surface area contributed by atoms with Crippen LogP contribution in [-0.2, 0) is 16.0 Å². The molecule has 0 unspecified atom stereocenters. The minimum Gasteiger partial charge on any atom is -0.477 e. The maximum absolute atomic E-state index is 12.9. The molecule has 5 nitrogen and oxygen atoms in total. The van der Waals surface area contributed by atoms with Crippen molar-refractivity contribution in [2.45, 2.75) is 22.7 Å². The molecule has 2 heterocycles. The number of amides is 1. The molecule has 2 atom stereocenters. The molecule has 1 amide bonds. The minimum atomic E-state index is -1.08. The Balaban J connectivity index is 1.50. The van der Waals surface area contributed by atoms with Gasteiger partial charge >= 0.3 is 5.97 Å². The molecule has 2 aliphatic heterocycles. The Morgan fingerprint density at radius 3 is 2.55 bits per heavy atom. The van der Waals surface area contributed by atoms with E-state index >= 15 is 0 Å². The zero-order valence-corrected chi connectivity index (χ0v) is 22.6. The second kappa shape index (κ2) is 9.98. The molecule has 4 rings (SSSR count). The zero-order valence-electron chi connectivity index (χ0n) is 15.9. The van der Waals surface area contributed by atoms with Crippen LogP contribution < -0.4 is 5.32 Å². The van der Waals surface area contributed by atoms with E-state index in [1.165, 1.54) is 16.7 Å². The molecule has 160 valence electrons. The van der Waals surface area contributed by atoms with Crippen molar-refractivity contribution in [1.82, 2.24) is 10.2 Å². The minimum absolute atomic E-state index is 0.0833. The van der Waals surface area contributed by atoms with Crippen LogP contribution >= 0.6 is 80.9 Å². The summed E-state index contributed by atoms with van der Waals surface area (Å²) in [5.41, 5.74) is 1.18. The standard InChI is InChI=1S/C21H16I2N2O3S3/c22-12-6-2-1-5-11(12)9-16(29)24-17-19(26)25-18(21(27)28)15(10-30-20(17)25)31-14-8-4-3-7-13(14)23/h1-8,17,20H,9-10H2,(H,24,29)(H,27,28)/t17-,20+/m1/s1. The molecule has 31 heavy (non-hydrogen) atoms. The topological polar surface area (TPSA) is 69.6 Å². The van der Waals surface area contributed by atoms with Gasteiger partial charge in [-0.05, 0) is 68.9 Å². The number of halogens is 2. The highest BCUT2D eigenvalue weighted by Crippen LogP contribution is 2.45. The van der Waals surface area contributed by atoms with E-state index < -0.39 is 12.0 Å². The fourth-order valence-electron chi connectivity index (χ4n) is 3.37. The number of aliphatic carboxylic acids is 1. The summed E-state index contributed by atoms with van der Waals surface area (Å²) < 4.78 is 2.16. The summed E-state index contributed by atoms with van der Waals surface area (Å²) in [6.45, 7) is 0. The van der Waals surface area contributed by atoms with Crippen LogP contribution in [0, 0.1) is 7.14 Å². The van der Waals surface area contributed by atoms with Crippen LogP contribution in [0.4, 0.5) is 0 Å². The highest BCUT2D eigenvalue weighted by molar-refractivity contribution is 14.1. The number of benzene rings is 2. The van der Waals surface area contributed by atoms with Crippen molar-refractivity contribution < 1.29 is 14.7 Å². The second-order valence-corrected chi connectivity index (χ2v) is 11.9. The number of fused-ring (bicyclic) bond motifs is 1. The van der Waals surface area contributed by atoms with Gasteiger partial charge in [0.25, 0.3) is 5.91 Å². The lowest BCUT2D eigenvalue weighted by molar-refractivity contribution is -0.148. The third kappa shape index (κ3) is 4.92. The lowest BCUT2D eigenvalue weighted by atomic mass is 10.0. The van der Waals surface area contributed by atoms with E-state index in [1.807, 2.05) is 48.5 Å². The van der Waals surface area contributed by atoms with Crippen molar-refractivity contribution in [3.63, 3.8) is 0 Å². The lowest BCUT2D eigenvalue weighted by Crippen LogP contribution is -2.70. The van der Waals surface area contributed by atoms with Crippen molar-refractivity contribution in [1.29, 1.82) is 0 Å².